The van der Waals surface area contributed by atoms with Crippen LogP contribution in [0.5, 0.6) is 11.5 Å². The minimum atomic E-state index is -1.20. The van der Waals surface area contributed by atoms with Gasteiger partial charge in [-0.1, -0.05) is 0 Å². The van der Waals surface area contributed by atoms with Crippen molar-refractivity contribution in [3.63, 3.8) is 0 Å². The van der Waals surface area contributed by atoms with Gasteiger partial charge in [-0.15, -0.1) is 0 Å². The number of nitrogens with one attached hydrogen (secondary N) is 1. The molecule has 9 heteroatoms. The fourth-order valence-corrected chi connectivity index (χ4v) is 2.54. The van der Waals surface area contributed by atoms with E-state index in [9.17, 15) is 14.4 Å². The van der Waals surface area contributed by atoms with Crippen LogP contribution in [-0.2, 0) is 4.79 Å². The fraction of sp³-hybridized carbons (Fsp3) is 0.278. The third-order valence-electron chi connectivity index (χ3n) is 3.89. The first-order valence-corrected chi connectivity index (χ1v) is 8.28. The Morgan fingerprint density at radius 2 is 1.89 bits per heavy atom. The molecule has 2 aromatic rings. The second-order valence-corrected chi connectivity index (χ2v) is 5.73. The van der Waals surface area contributed by atoms with Crippen LogP contribution < -0.4 is 14.8 Å². The lowest BCUT2D eigenvalue weighted by Crippen LogP contribution is -2.37. The Balaban J connectivity index is 1.64. The summed E-state index contributed by atoms with van der Waals surface area (Å²) < 4.78 is 15.9. The number of carboxylic acids is 1. The number of rotatable bonds is 6. The number of likely N-dealkylation sites (N-methyl/N-ethyl adjacent to an activating group) is 1. The van der Waals surface area contributed by atoms with E-state index < -0.39 is 17.8 Å². The molecule has 0 atom stereocenters. The summed E-state index contributed by atoms with van der Waals surface area (Å²) in [5.74, 6) is -1.16. The zero-order valence-corrected chi connectivity index (χ0v) is 14.6. The third-order valence-corrected chi connectivity index (χ3v) is 3.89. The molecule has 3 rings (SSSR count). The molecule has 2 heterocycles. The third kappa shape index (κ3) is 4.20. The molecule has 0 aliphatic carbocycles. The van der Waals surface area contributed by atoms with Crippen molar-refractivity contribution in [2.45, 2.75) is 6.92 Å². The first-order valence-electron chi connectivity index (χ1n) is 8.28. The van der Waals surface area contributed by atoms with E-state index in [-0.39, 0.29) is 24.4 Å². The summed E-state index contributed by atoms with van der Waals surface area (Å²) in [7, 11) is 0. The number of nitrogens with zero attached hydrogens (tertiary/aromatic N) is 1. The highest BCUT2D eigenvalue weighted by atomic mass is 16.6. The van der Waals surface area contributed by atoms with Gasteiger partial charge in [0.1, 0.15) is 26.0 Å². The van der Waals surface area contributed by atoms with Crippen LogP contribution in [0.3, 0.4) is 0 Å². The van der Waals surface area contributed by atoms with Crippen molar-refractivity contribution in [2.75, 3.05) is 31.6 Å². The number of carbonyl (C=O) groups excluding carboxylic acids is 2. The Bertz CT molecular complexity index is 874. The molecule has 0 spiro atoms. The molecule has 0 radical (unpaired) electrons. The van der Waals surface area contributed by atoms with Gasteiger partial charge in [0.15, 0.2) is 17.3 Å². The first-order chi connectivity index (χ1) is 13.0. The van der Waals surface area contributed by atoms with E-state index >= 15 is 0 Å². The fourth-order valence-electron chi connectivity index (χ4n) is 2.54. The highest BCUT2D eigenvalue weighted by Crippen LogP contribution is 2.32. The predicted molar refractivity (Wildman–Crippen MR) is 93.3 cm³/mol. The first kappa shape index (κ1) is 18.3. The average molecular weight is 374 g/mol. The van der Waals surface area contributed by atoms with Crippen molar-refractivity contribution in [2.24, 2.45) is 0 Å². The number of furan rings is 1. The van der Waals surface area contributed by atoms with Crippen molar-refractivity contribution < 1.29 is 33.4 Å². The van der Waals surface area contributed by atoms with Gasteiger partial charge in [0.25, 0.3) is 5.91 Å². The quantitative estimate of drug-likeness (QED) is 0.792. The second-order valence-electron chi connectivity index (χ2n) is 5.73. The Labute approximate surface area is 154 Å². The monoisotopic (exact) mass is 374 g/mol. The molecule has 0 bridgehead atoms. The SMILES string of the molecule is CCN(CC(=O)Nc1ccc2c(c1)OCCO2)C(=O)c1cc(C(=O)O)co1. The van der Waals surface area contributed by atoms with Gasteiger partial charge < -0.3 is 29.2 Å². The predicted octanol–water partition coefficient (Wildman–Crippen LogP) is 1.85. The summed E-state index contributed by atoms with van der Waals surface area (Å²) in [6, 6.07) is 6.15. The van der Waals surface area contributed by atoms with Gasteiger partial charge >= 0.3 is 5.97 Å². The number of aromatic carboxylic acids is 1. The van der Waals surface area contributed by atoms with Crippen molar-refractivity contribution >= 4 is 23.5 Å². The molecule has 142 valence electrons. The van der Waals surface area contributed by atoms with Crippen molar-refractivity contribution in [3.05, 3.63) is 41.9 Å². The van der Waals surface area contributed by atoms with E-state index in [0.29, 0.717) is 30.4 Å². The van der Waals surface area contributed by atoms with E-state index in [1.807, 2.05) is 0 Å². The maximum atomic E-state index is 12.4. The van der Waals surface area contributed by atoms with Gasteiger partial charge in [-0.05, 0) is 19.1 Å². The van der Waals surface area contributed by atoms with E-state index in [4.69, 9.17) is 19.0 Å². The number of amides is 2. The van der Waals surface area contributed by atoms with Crippen LogP contribution in [0.2, 0.25) is 0 Å². The molecule has 1 aromatic carbocycles. The van der Waals surface area contributed by atoms with E-state index in [2.05, 4.69) is 5.32 Å². The van der Waals surface area contributed by atoms with Gasteiger partial charge in [0.05, 0.1) is 5.56 Å². The molecule has 0 fully saturated rings. The number of ether oxygens (including phenoxy) is 2. The lowest BCUT2D eigenvalue weighted by molar-refractivity contribution is -0.116. The zero-order chi connectivity index (χ0) is 19.4. The van der Waals surface area contributed by atoms with E-state index in [1.54, 1.807) is 25.1 Å². The molecular formula is C18H18N2O7. The molecule has 0 saturated heterocycles. The Morgan fingerprint density at radius 1 is 1.15 bits per heavy atom. The topological polar surface area (TPSA) is 118 Å². The Kier molecular flexibility index (Phi) is 5.30. The maximum absolute atomic E-state index is 12.4. The lowest BCUT2D eigenvalue weighted by Gasteiger charge is -2.20. The largest absolute Gasteiger partial charge is 0.486 e. The van der Waals surface area contributed by atoms with Crippen LogP contribution in [0.4, 0.5) is 5.69 Å². The zero-order valence-electron chi connectivity index (χ0n) is 14.6. The summed E-state index contributed by atoms with van der Waals surface area (Å²) in [5, 5.41) is 11.6. The smallest absolute Gasteiger partial charge is 0.338 e. The minimum absolute atomic E-state index is 0.130. The van der Waals surface area contributed by atoms with Crippen molar-refractivity contribution in [1.29, 1.82) is 0 Å². The van der Waals surface area contributed by atoms with Crippen LogP contribution >= 0.6 is 0 Å². The normalized spacial score (nSPS) is 12.3. The number of hydrogen-bond donors (Lipinski definition) is 2. The molecule has 0 unspecified atom stereocenters. The van der Waals surface area contributed by atoms with Crippen LogP contribution in [0.25, 0.3) is 0 Å². The van der Waals surface area contributed by atoms with E-state index in [0.717, 1.165) is 12.3 Å². The van der Waals surface area contributed by atoms with Gasteiger partial charge in [0, 0.05) is 24.4 Å². The highest BCUT2D eigenvalue weighted by molar-refractivity contribution is 5.99. The molecule has 27 heavy (non-hydrogen) atoms. The standard InChI is InChI=1S/C18H18N2O7/c1-2-20(17(22)15-7-11(10-27-15)18(23)24)9-16(21)19-12-3-4-13-14(8-12)26-6-5-25-13/h3-4,7-8,10H,2,5-6,9H2,1H3,(H,19,21)(H,23,24). The average Bonchev–Trinajstić information content (AvgIpc) is 3.16. The molecular weight excluding hydrogens is 356 g/mol. The minimum Gasteiger partial charge on any atom is -0.486 e. The lowest BCUT2D eigenvalue weighted by atomic mass is 10.2. The number of fused-ring (bicyclic) bond motifs is 1. The number of carbonyl (C=O) groups is 3. The molecule has 9 nitrogen and oxygen atoms in total. The van der Waals surface area contributed by atoms with Crippen LogP contribution in [-0.4, -0.2) is 54.1 Å². The number of hydrogen-bond acceptors (Lipinski definition) is 6. The molecule has 2 N–H and O–H groups in total. The van der Waals surface area contributed by atoms with Crippen molar-refractivity contribution in [3.8, 4) is 11.5 Å². The van der Waals surface area contributed by atoms with Crippen LogP contribution in [0.15, 0.2) is 34.9 Å². The summed E-state index contributed by atoms with van der Waals surface area (Å²) in [5.41, 5.74) is 0.383. The van der Waals surface area contributed by atoms with Crippen LogP contribution in [0.1, 0.15) is 27.8 Å². The van der Waals surface area contributed by atoms with Gasteiger partial charge in [0.2, 0.25) is 5.91 Å². The van der Waals surface area contributed by atoms with Crippen molar-refractivity contribution in [1.82, 2.24) is 4.90 Å². The molecule has 0 saturated carbocycles. The van der Waals surface area contributed by atoms with Gasteiger partial charge in [-0.3, -0.25) is 9.59 Å². The molecule has 1 aliphatic rings. The number of carboxylic acid groups (broad SMARTS) is 1. The molecule has 1 aliphatic heterocycles. The Hall–Kier alpha value is -3.49. The van der Waals surface area contributed by atoms with E-state index in [1.165, 1.54) is 4.90 Å². The van der Waals surface area contributed by atoms with Gasteiger partial charge in [-0.2, -0.15) is 0 Å². The van der Waals surface area contributed by atoms with Crippen LogP contribution in [0, 0.1) is 0 Å². The summed E-state index contributed by atoms with van der Waals surface area (Å²) in [6.07, 6.45) is 0.985. The summed E-state index contributed by atoms with van der Waals surface area (Å²) in [4.78, 5) is 36.9. The number of benzene rings is 1. The Morgan fingerprint density at radius 3 is 2.56 bits per heavy atom. The molecule has 1 aromatic heterocycles. The highest BCUT2D eigenvalue weighted by Gasteiger charge is 2.22. The number of anilines is 1. The summed E-state index contributed by atoms with van der Waals surface area (Å²) >= 11 is 0. The maximum Gasteiger partial charge on any atom is 0.338 e. The second kappa shape index (κ2) is 7.81. The molecule has 2 amide bonds. The summed E-state index contributed by atoms with van der Waals surface area (Å²) in [6.45, 7) is 2.65. The van der Waals surface area contributed by atoms with Gasteiger partial charge in [-0.25, -0.2) is 4.79 Å².